The number of hydrogen-bond acceptors (Lipinski definition) is 4. The number of nitrogens with zero attached hydrogens (tertiary/aromatic N) is 2. The third kappa shape index (κ3) is 7.41. The lowest BCUT2D eigenvalue weighted by Crippen LogP contribution is -2.51. The highest BCUT2D eigenvalue weighted by Gasteiger charge is 2.33. The lowest BCUT2D eigenvalue weighted by atomic mass is 10.1. The van der Waals surface area contributed by atoms with Crippen molar-refractivity contribution < 1.29 is 26.8 Å². The number of hydrogen-bond donors (Lipinski definition) is 1. The summed E-state index contributed by atoms with van der Waals surface area (Å²) in [6, 6.07) is 15.9. The molecule has 0 aromatic heterocycles. The standard InChI is InChI=1S/C29H33F2N3O4S/c1-4-5-18-32-29(36)22(3)33(19-23-10-6-7-11-25(23)30)28(35)20-34(27-13-9-8-12-26(27)31)39(37,38)24-16-14-21(2)15-17-24/h6-17,22H,4-5,18-20H2,1-3H3,(H,32,36)/t22-/m1/s1. The zero-order valence-corrected chi connectivity index (χ0v) is 23.0. The van der Waals surface area contributed by atoms with E-state index in [1.54, 1.807) is 25.1 Å². The molecule has 0 saturated carbocycles. The fraction of sp³-hybridized carbons (Fsp3) is 0.310. The smallest absolute Gasteiger partial charge is 0.264 e. The number of halogens is 2. The molecule has 0 unspecified atom stereocenters. The normalized spacial score (nSPS) is 12.0. The Bertz CT molecular complexity index is 1400. The van der Waals surface area contributed by atoms with Crippen LogP contribution in [0.2, 0.25) is 0 Å². The van der Waals surface area contributed by atoms with Gasteiger partial charge in [0.1, 0.15) is 24.2 Å². The van der Waals surface area contributed by atoms with Gasteiger partial charge in [0.2, 0.25) is 11.8 Å². The molecule has 0 aliphatic rings. The largest absolute Gasteiger partial charge is 0.354 e. The number of sulfonamides is 1. The Morgan fingerprint density at radius 2 is 1.54 bits per heavy atom. The van der Waals surface area contributed by atoms with Gasteiger partial charge in [0.25, 0.3) is 10.0 Å². The first-order valence-corrected chi connectivity index (χ1v) is 14.1. The lowest BCUT2D eigenvalue weighted by molar-refractivity contribution is -0.139. The summed E-state index contributed by atoms with van der Waals surface area (Å²) < 4.78 is 57.5. The summed E-state index contributed by atoms with van der Waals surface area (Å²) in [5.41, 5.74) is 0.650. The maximum absolute atomic E-state index is 14.9. The molecule has 3 aromatic rings. The van der Waals surface area contributed by atoms with Crippen LogP contribution in [0.4, 0.5) is 14.5 Å². The number of benzene rings is 3. The predicted octanol–water partition coefficient (Wildman–Crippen LogP) is 4.80. The van der Waals surface area contributed by atoms with Crippen LogP contribution in [-0.2, 0) is 26.2 Å². The maximum atomic E-state index is 14.9. The predicted molar refractivity (Wildman–Crippen MR) is 146 cm³/mol. The second-order valence-corrected chi connectivity index (χ2v) is 11.1. The van der Waals surface area contributed by atoms with Gasteiger partial charge in [-0.3, -0.25) is 13.9 Å². The quantitative estimate of drug-likeness (QED) is 0.324. The number of amides is 2. The zero-order valence-electron chi connectivity index (χ0n) is 22.2. The fourth-order valence-electron chi connectivity index (χ4n) is 3.93. The van der Waals surface area contributed by atoms with Gasteiger partial charge in [-0.1, -0.05) is 61.4 Å². The first kappa shape index (κ1) is 29.8. The SMILES string of the molecule is CCCCNC(=O)[C@@H](C)N(Cc1ccccc1F)C(=O)CN(c1ccccc1F)S(=O)(=O)c1ccc(C)cc1. The Kier molecular flexibility index (Phi) is 10.2. The number of aryl methyl sites for hydroxylation is 1. The van der Waals surface area contributed by atoms with Crippen molar-refractivity contribution in [1.82, 2.24) is 10.2 Å². The van der Waals surface area contributed by atoms with Gasteiger partial charge in [0, 0.05) is 18.7 Å². The average molecular weight is 558 g/mol. The number of anilines is 1. The Hall–Kier alpha value is -3.79. The van der Waals surface area contributed by atoms with Crippen LogP contribution in [-0.4, -0.2) is 44.3 Å². The van der Waals surface area contributed by atoms with Crippen molar-refractivity contribution in [1.29, 1.82) is 0 Å². The minimum atomic E-state index is -4.40. The van der Waals surface area contributed by atoms with E-state index in [2.05, 4.69) is 5.32 Å². The van der Waals surface area contributed by atoms with Crippen LogP contribution in [0.25, 0.3) is 0 Å². The Morgan fingerprint density at radius 3 is 2.15 bits per heavy atom. The van der Waals surface area contributed by atoms with Crippen molar-refractivity contribution in [3.05, 3.63) is 95.6 Å². The third-order valence-electron chi connectivity index (χ3n) is 6.30. The number of para-hydroxylation sites is 1. The number of rotatable bonds is 12. The van der Waals surface area contributed by atoms with Gasteiger partial charge < -0.3 is 10.2 Å². The molecule has 208 valence electrons. The first-order valence-electron chi connectivity index (χ1n) is 12.7. The van der Waals surface area contributed by atoms with Crippen molar-refractivity contribution in [3.8, 4) is 0 Å². The Labute approximate surface area is 228 Å². The van der Waals surface area contributed by atoms with Gasteiger partial charge in [-0.2, -0.15) is 0 Å². The highest BCUT2D eigenvalue weighted by molar-refractivity contribution is 7.92. The van der Waals surface area contributed by atoms with Crippen molar-refractivity contribution in [2.24, 2.45) is 0 Å². The highest BCUT2D eigenvalue weighted by Crippen LogP contribution is 2.27. The van der Waals surface area contributed by atoms with Crippen LogP contribution in [0, 0.1) is 18.6 Å². The molecule has 7 nitrogen and oxygen atoms in total. The summed E-state index contributed by atoms with van der Waals surface area (Å²) in [6.07, 6.45) is 1.58. The second kappa shape index (κ2) is 13.3. The van der Waals surface area contributed by atoms with E-state index in [4.69, 9.17) is 0 Å². The molecule has 1 N–H and O–H groups in total. The molecule has 0 spiro atoms. The molecule has 1 atom stereocenters. The minimum Gasteiger partial charge on any atom is -0.354 e. The molecule has 10 heteroatoms. The van der Waals surface area contributed by atoms with Gasteiger partial charge in [-0.25, -0.2) is 17.2 Å². The molecule has 39 heavy (non-hydrogen) atoms. The van der Waals surface area contributed by atoms with E-state index in [1.807, 2.05) is 6.92 Å². The first-order chi connectivity index (χ1) is 18.6. The van der Waals surface area contributed by atoms with Gasteiger partial charge in [0.15, 0.2) is 0 Å². The van der Waals surface area contributed by atoms with Crippen molar-refractivity contribution >= 4 is 27.5 Å². The molecule has 0 saturated heterocycles. The van der Waals surface area contributed by atoms with E-state index in [-0.39, 0.29) is 22.7 Å². The van der Waals surface area contributed by atoms with Crippen LogP contribution in [0.5, 0.6) is 0 Å². The molecule has 0 bridgehead atoms. The van der Waals surface area contributed by atoms with E-state index in [9.17, 15) is 26.8 Å². The highest BCUT2D eigenvalue weighted by atomic mass is 32.2. The van der Waals surface area contributed by atoms with Crippen LogP contribution in [0.3, 0.4) is 0 Å². The van der Waals surface area contributed by atoms with Crippen LogP contribution < -0.4 is 9.62 Å². The summed E-state index contributed by atoms with van der Waals surface area (Å²) >= 11 is 0. The van der Waals surface area contributed by atoms with E-state index in [0.29, 0.717) is 10.8 Å². The van der Waals surface area contributed by atoms with E-state index in [0.717, 1.165) is 29.4 Å². The van der Waals surface area contributed by atoms with Crippen LogP contribution in [0.1, 0.15) is 37.8 Å². The summed E-state index contributed by atoms with van der Waals surface area (Å²) in [7, 11) is -4.40. The van der Waals surface area contributed by atoms with Gasteiger partial charge in [-0.05, 0) is 50.6 Å². The fourth-order valence-corrected chi connectivity index (χ4v) is 5.36. The Balaban J connectivity index is 2.02. The van der Waals surface area contributed by atoms with Crippen LogP contribution in [0.15, 0.2) is 77.7 Å². The summed E-state index contributed by atoms with van der Waals surface area (Å²) in [6.45, 7) is 4.55. The molecule has 0 radical (unpaired) electrons. The maximum Gasteiger partial charge on any atom is 0.264 e. The molecular formula is C29H33F2N3O4S. The lowest BCUT2D eigenvalue weighted by Gasteiger charge is -2.32. The van der Waals surface area contributed by atoms with Crippen molar-refractivity contribution in [3.63, 3.8) is 0 Å². The monoisotopic (exact) mass is 557 g/mol. The molecule has 2 amide bonds. The molecule has 3 rings (SSSR count). The third-order valence-corrected chi connectivity index (χ3v) is 8.08. The number of carbonyl (C=O) groups is 2. The number of carbonyl (C=O) groups excluding carboxylic acids is 2. The summed E-state index contributed by atoms with van der Waals surface area (Å²) in [5, 5.41) is 2.76. The summed E-state index contributed by atoms with van der Waals surface area (Å²) in [4.78, 5) is 27.6. The van der Waals surface area contributed by atoms with Crippen molar-refractivity contribution in [2.75, 3.05) is 17.4 Å². The molecular weight excluding hydrogens is 524 g/mol. The molecule has 0 aliphatic heterocycles. The zero-order chi connectivity index (χ0) is 28.6. The van der Waals surface area contributed by atoms with Gasteiger partial charge in [-0.15, -0.1) is 0 Å². The summed E-state index contributed by atoms with van der Waals surface area (Å²) in [5.74, 6) is -2.68. The second-order valence-electron chi connectivity index (χ2n) is 9.21. The Morgan fingerprint density at radius 1 is 0.923 bits per heavy atom. The molecule has 0 fully saturated rings. The van der Waals surface area contributed by atoms with E-state index >= 15 is 0 Å². The number of nitrogens with one attached hydrogen (secondary N) is 1. The topological polar surface area (TPSA) is 86.8 Å². The molecule has 3 aromatic carbocycles. The van der Waals surface area contributed by atoms with Gasteiger partial charge >= 0.3 is 0 Å². The number of unbranched alkanes of at least 4 members (excludes halogenated alkanes) is 1. The molecule has 0 aliphatic carbocycles. The van der Waals surface area contributed by atoms with Crippen LogP contribution >= 0.6 is 0 Å². The molecule has 0 heterocycles. The van der Waals surface area contributed by atoms with Gasteiger partial charge in [0.05, 0.1) is 10.6 Å². The van der Waals surface area contributed by atoms with E-state index < -0.39 is 46.1 Å². The van der Waals surface area contributed by atoms with E-state index in [1.165, 1.54) is 55.5 Å². The average Bonchev–Trinajstić information content (AvgIpc) is 2.91. The van der Waals surface area contributed by atoms with Crippen molar-refractivity contribution in [2.45, 2.75) is 51.1 Å². The minimum absolute atomic E-state index is 0.129.